The van der Waals surface area contributed by atoms with E-state index in [1.807, 2.05) is 0 Å². The molecule has 0 aromatic rings. The van der Waals surface area contributed by atoms with Crippen molar-refractivity contribution in [2.24, 2.45) is 5.73 Å². The third-order valence-electron chi connectivity index (χ3n) is 3.31. The topological polar surface area (TPSA) is 124 Å². The summed E-state index contributed by atoms with van der Waals surface area (Å²) >= 11 is 0. The lowest BCUT2D eigenvalue weighted by Crippen LogP contribution is -2.49. The first kappa shape index (κ1) is 16.4. The fourth-order valence-electron chi connectivity index (χ4n) is 2.10. The Morgan fingerprint density at radius 3 is 2.20 bits per heavy atom. The minimum atomic E-state index is -1.06. The number of aliphatic carboxylic acids is 2. The lowest BCUT2D eigenvalue weighted by molar-refractivity contribution is -0.140. The number of carbonyl (C=O) groups excluding carboxylic acids is 1. The van der Waals surface area contributed by atoms with Gasteiger partial charge in [0.05, 0.1) is 6.54 Å². The number of nitrogens with zero attached hydrogens (tertiary/aromatic N) is 2. The van der Waals surface area contributed by atoms with Crippen LogP contribution in [0.1, 0.15) is 19.3 Å². The van der Waals surface area contributed by atoms with Gasteiger partial charge in [0.1, 0.15) is 6.04 Å². The summed E-state index contributed by atoms with van der Waals surface area (Å²) in [5.41, 5.74) is 5.36. The molecule has 4 N–H and O–H groups in total. The molecule has 1 fully saturated rings. The molecule has 1 saturated heterocycles. The minimum Gasteiger partial charge on any atom is -0.480 e. The van der Waals surface area contributed by atoms with E-state index in [-0.39, 0.29) is 25.3 Å². The molecule has 8 heteroatoms. The summed E-state index contributed by atoms with van der Waals surface area (Å²) in [5.74, 6) is -1.95. The van der Waals surface area contributed by atoms with Crippen LogP contribution >= 0.6 is 0 Å². The van der Waals surface area contributed by atoms with Crippen LogP contribution in [-0.4, -0.2) is 76.6 Å². The predicted molar refractivity (Wildman–Crippen MR) is 70.1 cm³/mol. The molecule has 114 valence electrons. The minimum absolute atomic E-state index is 0.00447. The summed E-state index contributed by atoms with van der Waals surface area (Å²) in [6.45, 7) is 2.11. The second-order valence-electron chi connectivity index (χ2n) is 4.89. The van der Waals surface area contributed by atoms with Crippen LogP contribution in [0.3, 0.4) is 0 Å². The summed E-state index contributed by atoms with van der Waals surface area (Å²) in [4.78, 5) is 36.4. The molecule has 0 aromatic heterocycles. The maximum absolute atomic E-state index is 11.9. The van der Waals surface area contributed by atoms with Gasteiger partial charge in [0, 0.05) is 32.6 Å². The summed E-state index contributed by atoms with van der Waals surface area (Å²) in [6.07, 6.45) is 1.00. The zero-order valence-corrected chi connectivity index (χ0v) is 11.3. The van der Waals surface area contributed by atoms with E-state index in [9.17, 15) is 14.4 Å². The molecule has 1 atom stereocenters. The standard InChI is InChI=1S/C12H21N3O5/c13-9(12(19)20)2-1-3-10(16)15-6-4-14(5-7-15)8-11(17)18/h9H,1-8,13H2,(H,17,18)(H,19,20). The number of carbonyl (C=O) groups is 3. The second-order valence-corrected chi connectivity index (χ2v) is 4.89. The maximum atomic E-state index is 11.9. The Hall–Kier alpha value is -1.67. The van der Waals surface area contributed by atoms with Crippen LogP contribution in [0.5, 0.6) is 0 Å². The van der Waals surface area contributed by atoms with Crippen LogP contribution in [0.2, 0.25) is 0 Å². The molecule has 0 bridgehead atoms. The summed E-state index contributed by atoms with van der Waals surface area (Å²) in [5, 5.41) is 17.3. The smallest absolute Gasteiger partial charge is 0.320 e. The van der Waals surface area contributed by atoms with Crippen molar-refractivity contribution in [3.8, 4) is 0 Å². The largest absolute Gasteiger partial charge is 0.480 e. The van der Waals surface area contributed by atoms with Crippen molar-refractivity contribution in [3.05, 3.63) is 0 Å². The highest BCUT2D eigenvalue weighted by atomic mass is 16.4. The molecule has 1 rings (SSSR count). The first-order valence-corrected chi connectivity index (χ1v) is 6.60. The highest BCUT2D eigenvalue weighted by Gasteiger charge is 2.22. The van der Waals surface area contributed by atoms with Crippen LogP contribution < -0.4 is 5.73 Å². The number of piperazine rings is 1. The van der Waals surface area contributed by atoms with Gasteiger partial charge in [-0.2, -0.15) is 0 Å². The Morgan fingerprint density at radius 2 is 1.70 bits per heavy atom. The quantitative estimate of drug-likeness (QED) is 0.537. The molecule has 1 amide bonds. The van der Waals surface area contributed by atoms with Crippen LogP contribution in [0.15, 0.2) is 0 Å². The van der Waals surface area contributed by atoms with Gasteiger partial charge in [0.15, 0.2) is 0 Å². The molecule has 0 radical (unpaired) electrons. The zero-order chi connectivity index (χ0) is 15.1. The number of hydrogen-bond acceptors (Lipinski definition) is 5. The van der Waals surface area contributed by atoms with Gasteiger partial charge < -0.3 is 20.8 Å². The van der Waals surface area contributed by atoms with Crippen molar-refractivity contribution in [1.82, 2.24) is 9.80 Å². The van der Waals surface area contributed by atoms with Crippen molar-refractivity contribution in [3.63, 3.8) is 0 Å². The number of carboxylic acid groups (broad SMARTS) is 2. The van der Waals surface area contributed by atoms with Gasteiger partial charge in [0.2, 0.25) is 5.91 Å². The first-order valence-electron chi connectivity index (χ1n) is 6.60. The molecule has 1 aliphatic heterocycles. The van der Waals surface area contributed by atoms with Crippen LogP contribution in [-0.2, 0) is 14.4 Å². The lowest BCUT2D eigenvalue weighted by Gasteiger charge is -2.33. The van der Waals surface area contributed by atoms with Gasteiger partial charge in [-0.15, -0.1) is 0 Å². The van der Waals surface area contributed by atoms with Gasteiger partial charge in [-0.05, 0) is 12.8 Å². The Labute approximate surface area is 117 Å². The molecule has 0 aromatic carbocycles. The van der Waals surface area contributed by atoms with Crippen molar-refractivity contribution >= 4 is 17.8 Å². The number of amides is 1. The molecular weight excluding hydrogens is 266 g/mol. The maximum Gasteiger partial charge on any atom is 0.320 e. The van der Waals surface area contributed by atoms with E-state index in [1.165, 1.54) is 0 Å². The normalized spacial score (nSPS) is 17.8. The molecule has 0 aliphatic carbocycles. The molecule has 1 unspecified atom stereocenters. The fraction of sp³-hybridized carbons (Fsp3) is 0.750. The molecular formula is C12H21N3O5. The Bertz CT molecular complexity index is 366. The summed E-state index contributed by atoms with van der Waals surface area (Å²) < 4.78 is 0. The highest BCUT2D eigenvalue weighted by Crippen LogP contribution is 2.07. The first-order chi connectivity index (χ1) is 9.40. The number of nitrogens with two attached hydrogens (primary N) is 1. The molecule has 1 heterocycles. The van der Waals surface area contributed by atoms with Crippen LogP contribution in [0.4, 0.5) is 0 Å². The number of hydrogen-bond donors (Lipinski definition) is 3. The Kier molecular flexibility index (Phi) is 6.40. The summed E-state index contributed by atoms with van der Waals surface area (Å²) in [7, 11) is 0. The fourth-order valence-corrected chi connectivity index (χ4v) is 2.10. The molecule has 0 saturated carbocycles. The van der Waals surface area contributed by atoms with Crippen LogP contribution in [0.25, 0.3) is 0 Å². The predicted octanol–water partition coefficient (Wildman–Crippen LogP) is -1.20. The number of rotatable bonds is 7. The van der Waals surface area contributed by atoms with Crippen molar-refractivity contribution < 1.29 is 24.6 Å². The van der Waals surface area contributed by atoms with Gasteiger partial charge in [-0.1, -0.05) is 0 Å². The van der Waals surface area contributed by atoms with E-state index in [0.717, 1.165) is 0 Å². The molecule has 1 aliphatic rings. The van der Waals surface area contributed by atoms with E-state index in [4.69, 9.17) is 15.9 Å². The second kappa shape index (κ2) is 7.81. The molecule has 20 heavy (non-hydrogen) atoms. The third-order valence-corrected chi connectivity index (χ3v) is 3.31. The Balaban J connectivity index is 2.22. The van der Waals surface area contributed by atoms with E-state index in [0.29, 0.717) is 32.6 Å². The molecule has 0 spiro atoms. The van der Waals surface area contributed by atoms with Crippen LogP contribution in [0, 0.1) is 0 Å². The van der Waals surface area contributed by atoms with Crippen molar-refractivity contribution in [1.29, 1.82) is 0 Å². The van der Waals surface area contributed by atoms with Crippen molar-refractivity contribution in [2.45, 2.75) is 25.3 Å². The van der Waals surface area contributed by atoms with E-state index < -0.39 is 18.0 Å². The van der Waals surface area contributed by atoms with Gasteiger partial charge >= 0.3 is 11.9 Å². The lowest BCUT2D eigenvalue weighted by atomic mass is 10.1. The average Bonchev–Trinajstić information content (AvgIpc) is 2.38. The van der Waals surface area contributed by atoms with E-state index in [2.05, 4.69) is 0 Å². The van der Waals surface area contributed by atoms with E-state index >= 15 is 0 Å². The molecule has 8 nitrogen and oxygen atoms in total. The van der Waals surface area contributed by atoms with Gasteiger partial charge in [-0.25, -0.2) is 0 Å². The Morgan fingerprint density at radius 1 is 1.10 bits per heavy atom. The average molecular weight is 287 g/mol. The van der Waals surface area contributed by atoms with Gasteiger partial charge in [0.25, 0.3) is 0 Å². The summed E-state index contributed by atoms with van der Waals surface area (Å²) in [6, 6.07) is -0.921. The number of carboxylic acids is 2. The monoisotopic (exact) mass is 287 g/mol. The van der Waals surface area contributed by atoms with E-state index in [1.54, 1.807) is 9.80 Å². The zero-order valence-electron chi connectivity index (χ0n) is 11.3. The third kappa shape index (κ3) is 5.54. The highest BCUT2D eigenvalue weighted by molar-refractivity contribution is 5.76. The van der Waals surface area contributed by atoms with Gasteiger partial charge in [-0.3, -0.25) is 19.3 Å². The van der Waals surface area contributed by atoms with Crippen molar-refractivity contribution in [2.75, 3.05) is 32.7 Å². The SMILES string of the molecule is NC(CCCC(=O)N1CCN(CC(=O)O)CC1)C(=O)O.